The van der Waals surface area contributed by atoms with Crippen LogP contribution in [0.5, 0.6) is 0 Å². The molecule has 0 saturated carbocycles. The maximum Gasteiger partial charge on any atom is 0.418 e. The second-order valence-corrected chi connectivity index (χ2v) is 4.55. The second-order valence-electron chi connectivity index (χ2n) is 4.55. The lowest BCUT2D eigenvalue weighted by molar-refractivity contribution is -0.385. The summed E-state index contributed by atoms with van der Waals surface area (Å²) < 4.78 is 43.6. The summed E-state index contributed by atoms with van der Waals surface area (Å²) in [6.45, 7) is 2.72. The van der Waals surface area contributed by atoms with Gasteiger partial charge in [-0.3, -0.25) is 14.9 Å². The molecule has 1 aromatic rings. The predicted octanol–water partition coefficient (Wildman–Crippen LogP) is 3.06. The minimum atomic E-state index is -4.92. The Morgan fingerprint density at radius 1 is 1.38 bits per heavy atom. The van der Waals surface area contributed by atoms with Crippen molar-refractivity contribution >= 4 is 23.3 Å². The van der Waals surface area contributed by atoms with Crippen molar-refractivity contribution in [1.82, 2.24) is 0 Å². The molecule has 0 spiro atoms. The van der Waals surface area contributed by atoms with E-state index >= 15 is 0 Å². The number of halogens is 3. The van der Waals surface area contributed by atoms with Crippen molar-refractivity contribution in [3.63, 3.8) is 0 Å². The first-order valence-corrected chi connectivity index (χ1v) is 6.56. The summed E-state index contributed by atoms with van der Waals surface area (Å²) in [6.07, 6.45) is -3.87. The number of amides is 1. The molecule has 0 unspecified atom stereocenters. The number of rotatable bonds is 5. The van der Waals surface area contributed by atoms with Gasteiger partial charge in [-0.25, -0.2) is 4.79 Å². The van der Waals surface area contributed by atoms with E-state index in [1.165, 1.54) is 13.0 Å². The maximum absolute atomic E-state index is 13.0. The Morgan fingerprint density at radius 3 is 2.50 bits per heavy atom. The highest BCUT2D eigenvalue weighted by Gasteiger charge is 2.36. The van der Waals surface area contributed by atoms with Crippen LogP contribution in [0.4, 0.5) is 24.5 Å². The standard InChI is InChI=1S/C14H13F3N2O5/c1-3-4-12(20)24-8(2)13(21)18-11-6-5-9(19(22)23)7-10(11)14(15,16)17/h3-8H,1-2H3,(H,18,21)/b4-3+/t8-/m0/s1. The van der Waals surface area contributed by atoms with E-state index in [4.69, 9.17) is 0 Å². The lowest BCUT2D eigenvalue weighted by Gasteiger charge is -2.16. The van der Waals surface area contributed by atoms with Crippen LogP contribution >= 0.6 is 0 Å². The Morgan fingerprint density at radius 2 is 2.00 bits per heavy atom. The molecule has 0 fully saturated rings. The molecule has 1 atom stereocenters. The van der Waals surface area contributed by atoms with Gasteiger partial charge in [0.15, 0.2) is 6.10 Å². The zero-order valence-electron chi connectivity index (χ0n) is 12.6. The summed E-state index contributed by atoms with van der Waals surface area (Å²) in [6, 6.07) is 1.90. The van der Waals surface area contributed by atoms with E-state index in [1.807, 2.05) is 5.32 Å². The van der Waals surface area contributed by atoms with E-state index in [2.05, 4.69) is 4.74 Å². The number of nitrogens with zero attached hydrogens (tertiary/aromatic N) is 1. The zero-order chi connectivity index (χ0) is 18.5. The van der Waals surface area contributed by atoms with Crippen LogP contribution in [0.25, 0.3) is 0 Å². The van der Waals surface area contributed by atoms with Crippen molar-refractivity contribution in [2.75, 3.05) is 5.32 Å². The number of anilines is 1. The van der Waals surface area contributed by atoms with Gasteiger partial charge in [0.25, 0.3) is 11.6 Å². The van der Waals surface area contributed by atoms with Crippen LogP contribution in [0.3, 0.4) is 0 Å². The average molecular weight is 346 g/mol. The molecule has 0 aromatic heterocycles. The predicted molar refractivity (Wildman–Crippen MR) is 77.1 cm³/mol. The summed E-state index contributed by atoms with van der Waals surface area (Å²) in [5.74, 6) is -1.84. The van der Waals surface area contributed by atoms with Crippen molar-refractivity contribution in [3.8, 4) is 0 Å². The van der Waals surface area contributed by atoms with E-state index in [9.17, 15) is 32.9 Å². The van der Waals surface area contributed by atoms with Gasteiger partial charge in [-0.2, -0.15) is 13.2 Å². The Bertz CT molecular complexity index is 685. The number of alkyl halides is 3. The molecule has 1 rings (SSSR count). The van der Waals surface area contributed by atoms with Crippen LogP contribution in [0.1, 0.15) is 19.4 Å². The van der Waals surface area contributed by atoms with Crippen LogP contribution in [0.15, 0.2) is 30.4 Å². The molecule has 1 amide bonds. The number of non-ortho nitro benzene ring substituents is 1. The third-order valence-corrected chi connectivity index (χ3v) is 2.74. The van der Waals surface area contributed by atoms with Gasteiger partial charge in [-0.1, -0.05) is 6.08 Å². The van der Waals surface area contributed by atoms with Crippen LogP contribution in [-0.4, -0.2) is 22.9 Å². The summed E-state index contributed by atoms with van der Waals surface area (Å²) in [4.78, 5) is 32.7. The highest BCUT2D eigenvalue weighted by molar-refractivity contribution is 5.96. The zero-order valence-corrected chi connectivity index (χ0v) is 12.6. The number of hydrogen-bond donors (Lipinski definition) is 1. The molecule has 1 N–H and O–H groups in total. The molecule has 130 valence electrons. The molecular formula is C14H13F3N2O5. The van der Waals surface area contributed by atoms with Crippen LogP contribution in [-0.2, 0) is 20.5 Å². The monoisotopic (exact) mass is 346 g/mol. The van der Waals surface area contributed by atoms with Crippen LogP contribution < -0.4 is 5.32 Å². The number of benzene rings is 1. The minimum Gasteiger partial charge on any atom is -0.449 e. The second kappa shape index (κ2) is 7.57. The molecule has 0 aliphatic carbocycles. The number of allylic oxidation sites excluding steroid dienone is 1. The van der Waals surface area contributed by atoms with E-state index in [0.29, 0.717) is 6.07 Å². The molecule has 24 heavy (non-hydrogen) atoms. The van der Waals surface area contributed by atoms with Gasteiger partial charge >= 0.3 is 12.1 Å². The number of esters is 1. The summed E-state index contributed by atoms with van der Waals surface area (Å²) in [7, 11) is 0. The van der Waals surface area contributed by atoms with E-state index in [1.54, 1.807) is 6.92 Å². The average Bonchev–Trinajstić information content (AvgIpc) is 2.46. The van der Waals surface area contributed by atoms with Gasteiger partial charge in [0.1, 0.15) is 0 Å². The number of nitro benzene ring substituents is 1. The number of ether oxygens (including phenoxy) is 1. The first-order valence-electron chi connectivity index (χ1n) is 6.56. The fourth-order valence-electron chi connectivity index (χ4n) is 1.63. The maximum atomic E-state index is 13.0. The topological polar surface area (TPSA) is 98.5 Å². The highest BCUT2D eigenvalue weighted by Crippen LogP contribution is 2.37. The normalized spacial score (nSPS) is 12.7. The number of hydrogen-bond acceptors (Lipinski definition) is 5. The Labute approximate surface area is 134 Å². The van der Waals surface area contributed by atoms with E-state index < -0.39 is 46.0 Å². The molecular weight excluding hydrogens is 333 g/mol. The lowest BCUT2D eigenvalue weighted by atomic mass is 10.1. The van der Waals surface area contributed by atoms with E-state index in [-0.39, 0.29) is 0 Å². The van der Waals surface area contributed by atoms with Crippen LogP contribution in [0, 0.1) is 10.1 Å². The number of nitro groups is 1. The largest absolute Gasteiger partial charge is 0.449 e. The molecule has 0 aliphatic rings. The number of carbonyl (C=O) groups excluding carboxylic acids is 2. The van der Waals surface area contributed by atoms with Crippen molar-refractivity contribution in [2.24, 2.45) is 0 Å². The fraction of sp³-hybridized carbons (Fsp3) is 0.286. The van der Waals surface area contributed by atoms with Crippen molar-refractivity contribution in [2.45, 2.75) is 26.1 Å². The molecule has 0 radical (unpaired) electrons. The summed E-state index contributed by atoms with van der Waals surface area (Å²) in [5, 5.41) is 12.5. The molecule has 0 aliphatic heterocycles. The molecule has 7 nitrogen and oxygen atoms in total. The third-order valence-electron chi connectivity index (χ3n) is 2.74. The third kappa shape index (κ3) is 5.07. The Hall–Kier alpha value is -2.91. The first-order chi connectivity index (χ1) is 11.1. The minimum absolute atomic E-state index is 0.312. The first kappa shape index (κ1) is 19.1. The van der Waals surface area contributed by atoms with Crippen LogP contribution in [0.2, 0.25) is 0 Å². The SMILES string of the molecule is C/C=C/C(=O)O[C@@H](C)C(=O)Nc1ccc([N+](=O)[O-])cc1C(F)(F)F. The number of carbonyl (C=O) groups is 2. The number of nitrogens with one attached hydrogen (secondary N) is 1. The quantitative estimate of drug-likeness (QED) is 0.382. The molecule has 0 bridgehead atoms. The smallest absolute Gasteiger partial charge is 0.418 e. The summed E-state index contributed by atoms with van der Waals surface area (Å²) >= 11 is 0. The molecule has 10 heteroatoms. The van der Waals surface area contributed by atoms with Crippen molar-refractivity contribution < 1.29 is 32.4 Å². The summed E-state index contributed by atoms with van der Waals surface area (Å²) in [5.41, 5.74) is -2.82. The van der Waals surface area contributed by atoms with Crippen molar-refractivity contribution in [1.29, 1.82) is 0 Å². The molecule has 0 saturated heterocycles. The highest BCUT2D eigenvalue weighted by atomic mass is 19.4. The molecule has 1 aromatic carbocycles. The van der Waals surface area contributed by atoms with Gasteiger partial charge in [0.05, 0.1) is 16.2 Å². The van der Waals surface area contributed by atoms with Gasteiger partial charge < -0.3 is 10.1 Å². The Kier molecular flexibility index (Phi) is 6.04. The van der Waals surface area contributed by atoms with E-state index in [0.717, 1.165) is 18.2 Å². The molecule has 0 heterocycles. The lowest BCUT2D eigenvalue weighted by Crippen LogP contribution is -2.30. The van der Waals surface area contributed by atoms with Crippen molar-refractivity contribution in [3.05, 3.63) is 46.0 Å². The fourth-order valence-corrected chi connectivity index (χ4v) is 1.63. The van der Waals surface area contributed by atoms with Gasteiger partial charge in [-0.05, 0) is 19.9 Å². The van der Waals surface area contributed by atoms with Gasteiger partial charge in [-0.15, -0.1) is 0 Å². The Balaban J connectivity index is 3.03. The van der Waals surface area contributed by atoms with Gasteiger partial charge in [0, 0.05) is 18.2 Å². The van der Waals surface area contributed by atoms with Gasteiger partial charge in [0.2, 0.25) is 0 Å².